The summed E-state index contributed by atoms with van der Waals surface area (Å²) in [7, 11) is 0. The predicted molar refractivity (Wildman–Crippen MR) is 56.0 cm³/mol. The van der Waals surface area contributed by atoms with Crippen molar-refractivity contribution in [3.8, 4) is 0 Å². The first-order chi connectivity index (χ1) is 7.52. The van der Waals surface area contributed by atoms with Crippen molar-refractivity contribution in [3.05, 3.63) is 5.01 Å². The van der Waals surface area contributed by atoms with E-state index >= 15 is 0 Å². The van der Waals surface area contributed by atoms with Gasteiger partial charge in [0.1, 0.15) is 0 Å². The lowest BCUT2D eigenvalue weighted by molar-refractivity contribution is -0.138. The Morgan fingerprint density at radius 1 is 1.44 bits per heavy atom. The van der Waals surface area contributed by atoms with Crippen LogP contribution in [0.5, 0.6) is 0 Å². The molecule has 1 aromatic rings. The summed E-state index contributed by atoms with van der Waals surface area (Å²) in [5, 5.41) is 6.15. The lowest BCUT2D eigenvalue weighted by atomic mass is 10.2. The molecule has 3 nitrogen and oxygen atoms in total. The highest BCUT2D eigenvalue weighted by Gasteiger charge is 2.37. The van der Waals surface area contributed by atoms with E-state index in [-0.39, 0.29) is 6.04 Å². The predicted octanol–water partition coefficient (Wildman–Crippen LogP) is 2.76. The van der Waals surface area contributed by atoms with Gasteiger partial charge in [0, 0.05) is 18.5 Å². The van der Waals surface area contributed by atoms with E-state index in [0.717, 1.165) is 12.8 Å². The van der Waals surface area contributed by atoms with Crippen LogP contribution >= 0.6 is 22.9 Å². The molecule has 0 aromatic carbocycles. The highest BCUT2D eigenvalue weighted by atomic mass is 35.5. The van der Waals surface area contributed by atoms with Gasteiger partial charge in [0.15, 0.2) is 0 Å². The van der Waals surface area contributed by atoms with Gasteiger partial charge in [0.05, 0.1) is 0 Å². The number of hydrogen-bond acceptors (Lipinski definition) is 4. The lowest BCUT2D eigenvalue weighted by Crippen LogP contribution is -2.30. The van der Waals surface area contributed by atoms with Crippen molar-refractivity contribution < 1.29 is 13.2 Å². The number of anilines is 1. The van der Waals surface area contributed by atoms with Crippen molar-refractivity contribution in [2.75, 3.05) is 17.3 Å². The average molecular weight is 272 g/mol. The molecule has 1 atom stereocenters. The van der Waals surface area contributed by atoms with Crippen LogP contribution in [-0.2, 0) is 6.18 Å². The fraction of sp³-hybridized carbons (Fsp3) is 0.750. The number of nitrogens with zero attached hydrogens (tertiary/aromatic N) is 3. The van der Waals surface area contributed by atoms with Crippen molar-refractivity contribution in [2.45, 2.75) is 25.1 Å². The normalized spacial score (nSPS) is 21.8. The van der Waals surface area contributed by atoms with Crippen molar-refractivity contribution in [2.24, 2.45) is 0 Å². The second-order valence-corrected chi connectivity index (χ2v) is 4.80. The van der Waals surface area contributed by atoms with Crippen LogP contribution in [0.15, 0.2) is 0 Å². The molecule has 0 radical (unpaired) electrons. The largest absolute Gasteiger partial charge is 0.445 e. The van der Waals surface area contributed by atoms with E-state index in [4.69, 9.17) is 11.6 Å². The molecule has 2 rings (SSSR count). The van der Waals surface area contributed by atoms with E-state index in [1.807, 2.05) is 0 Å². The summed E-state index contributed by atoms with van der Waals surface area (Å²) in [6, 6.07) is 0.0794. The molecule has 1 unspecified atom stereocenters. The van der Waals surface area contributed by atoms with Gasteiger partial charge in [0.25, 0.3) is 0 Å². The fourth-order valence-corrected chi connectivity index (χ4v) is 2.82. The first-order valence-corrected chi connectivity index (χ1v) is 6.11. The third-order valence-electron chi connectivity index (χ3n) is 2.46. The Morgan fingerprint density at radius 3 is 2.75 bits per heavy atom. The van der Waals surface area contributed by atoms with Crippen molar-refractivity contribution >= 4 is 28.1 Å². The second-order valence-electron chi connectivity index (χ2n) is 3.53. The standard InChI is InChI=1S/C8H9ClF3N3S/c9-4-5-2-1-3-15(5)7-14-13-6(16-7)8(10,11)12/h5H,1-4H2. The lowest BCUT2D eigenvalue weighted by Gasteiger charge is -2.20. The molecule has 0 N–H and O–H groups in total. The molecular formula is C8H9ClF3N3S. The van der Waals surface area contributed by atoms with Crippen molar-refractivity contribution in [3.63, 3.8) is 0 Å². The zero-order valence-corrected chi connectivity index (χ0v) is 9.74. The van der Waals surface area contributed by atoms with Crippen LogP contribution in [0.4, 0.5) is 18.3 Å². The summed E-state index contributed by atoms with van der Waals surface area (Å²) in [5.74, 6) is 0.404. The molecule has 0 saturated carbocycles. The van der Waals surface area contributed by atoms with Crippen molar-refractivity contribution in [1.29, 1.82) is 0 Å². The average Bonchev–Trinajstić information content (AvgIpc) is 2.84. The first kappa shape index (κ1) is 11.9. The van der Waals surface area contributed by atoms with Gasteiger partial charge in [-0.25, -0.2) is 0 Å². The Morgan fingerprint density at radius 2 is 2.19 bits per heavy atom. The maximum atomic E-state index is 12.3. The second kappa shape index (κ2) is 4.37. The van der Waals surface area contributed by atoms with E-state index < -0.39 is 11.2 Å². The molecule has 16 heavy (non-hydrogen) atoms. The Labute approximate surface area is 99.2 Å². The van der Waals surface area contributed by atoms with Crippen LogP contribution in [0.1, 0.15) is 17.8 Å². The SMILES string of the molecule is FC(F)(F)c1nnc(N2CCCC2CCl)s1. The van der Waals surface area contributed by atoms with Crippen LogP contribution in [0.3, 0.4) is 0 Å². The molecule has 1 aromatic heterocycles. The molecule has 0 amide bonds. The van der Waals surface area contributed by atoms with Crippen LogP contribution in [0, 0.1) is 0 Å². The summed E-state index contributed by atoms with van der Waals surface area (Å²) < 4.78 is 37.0. The van der Waals surface area contributed by atoms with Gasteiger partial charge in [-0.2, -0.15) is 13.2 Å². The number of aromatic nitrogens is 2. The monoisotopic (exact) mass is 271 g/mol. The topological polar surface area (TPSA) is 29.0 Å². The molecule has 8 heteroatoms. The Kier molecular flexibility index (Phi) is 3.25. The number of alkyl halides is 4. The van der Waals surface area contributed by atoms with Gasteiger partial charge in [-0.05, 0) is 12.8 Å². The van der Waals surface area contributed by atoms with E-state index in [0.29, 0.717) is 28.9 Å². The molecule has 0 spiro atoms. The van der Waals surface area contributed by atoms with Crippen LogP contribution in [0.25, 0.3) is 0 Å². The molecule has 90 valence electrons. The van der Waals surface area contributed by atoms with Gasteiger partial charge >= 0.3 is 6.18 Å². The van der Waals surface area contributed by atoms with Gasteiger partial charge in [-0.15, -0.1) is 21.8 Å². The third-order valence-corrected chi connectivity index (χ3v) is 3.82. The fourth-order valence-electron chi connectivity index (χ4n) is 1.69. The summed E-state index contributed by atoms with van der Waals surface area (Å²) in [5.41, 5.74) is 0. The minimum Gasteiger partial charge on any atom is -0.342 e. The third kappa shape index (κ3) is 2.24. The minimum atomic E-state index is -4.41. The highest BCUT2D eigenvalue weighted by Crippen LogP contribution is 2.36. The Balaban J connectivity index is 2.18. The Hall–Kier alpha value is -0.560. The van der Waals surface area contributed by atoms with Gasteiger partial charge in [-0.1, -0.05) is 11.3 Å². The number of hydrogen-bond donors (Lipinski definition) is 0. The molecular weight excluding hydrogens is 263 g/mol. The summed E-state index contributed by atoms with van der Waals surface area (Å²) in [4.78, 5) is 1.81. The van der Waals surface area contributed by atoms with Gasteiger partial charge in [-0.3, -0.25) is 0 Å². The van der Waals surface area contributed by atoms with E-state index in [2.05, 4.69) is 10.2 Å². The summed E-state index contributed by atoms with van der Waals surface area (Å²) in [6.07, 6.45) is -2.59. The van der Waals surface area contributed by atoms with Crippen LogP contribution < -0.4 is 4.90 Å². The smallest absolute Gasteiger partial charge is 0.342 e. The zero-order valence-electron chi connectivity index (χ0n) is 8.17. The molecule has 2 heterocycles. The number of halogens is 4. The van der Waals surface area contributed by atoms with Gasteiger partial charge < -0.3 is 4.90 Å². The van der Waals surface area contributed by atoms with Crippen LogP contribution in [-0.4, -0.2) is 28.7 Å². The quantitative estimate of drug-likeness (QED) is 0.775. The first-order valence-electron chi connectivity index (χ1n) is 4.75. The molecule has 0 aliphatic carbocycles. The molecule has 1 fully saturated rings. The van der Waals surface area contributed by atoms with E-state index in [1.54, 1.807) is 4.90 Å². The molecule has 1 aliphatic heterocycles. The minimum absolute atomic E-state index is 0.0794. The van der Waals surface area contributed by atoms with Crippen molar-refractivity contribution in [1.82, 2.24) is 10.2 Å². The highest BCUT2D eigenvalue weighted by molar-refractivity contribution is 7.15. The van der Waals surface area contributed by atoms with Gasteiger partial charge in [0.2, 0.25) is 10.1 Å². The maximum absolute atomic E-state index is 12.3. The zero-order chi connectivity index (χ0) is 11.8. The Bertz CT molecular complexity index is 368. The molecule has 1 saturated heterocycles. The maximum Gasteiger partial charge on any atom is 0.445 e. The van der Waals surface area contributed by atoms with Crippen LogP contribution in [0.2, 0.25) is 0 Å². The number of rotatable bonds is 2. The van der Waals surface area contributed by atoms with E-state index in [9.17, 15) is 13.2 Å². The molecule has 1 aliphatic rings. The summed E-state index contributed by atoms with van der Waals surface area (Å²) >= 11 is 6.32. The summed E-state index contributed by atoms with van der Waals surface area (Å²) in [6.45, 7) is 0.698. The molecule has 0 bridgehead atoms. The van der Waals surface area contributed by atoms with E-state index in [1.165, 1.54) is 0 Å².